The van der Waals surface area contributed by atoms with Crippen LogP contribution < -0.4 is 0 Å². The van der Waals surface area contributed by atoms with E-state index in [0.29, 0.717) is 11.8 Å². The SMILES string of the molecule is CC(C)N(C(=O)[C@H](c1ccccc1)C1CCCC1)C(C)C. The predicted octanol–water partition coefficient (Wildman–Crippen LogP) is 4.61. The van der Waals surface area contributed by atoms with Crippen molar-refractivity contribution in [2.24, 2.45) is 5.92 Å². The zero-order chi connectivity index (χ0) is 15.4. The molecule has 2 heteroatoms. The van der Waals surface area contributed by atoms with Gasteiger partial charge in [0.1, 0.15) is 0 Å². The summed E-state index contributed by atoms with van der Waals surface area (Å²) < 4.78 is 0. The van der Waals surface area contributed by atoms with Crippen molar-refractivity contribution in [3.8, 4) is 0 Å². The Morgan fingerprint density at radius 2 is 1.52 bits per heavy atom. The second kappa shape index (κ2) is 7.11. The van der Waals surface area contributed by atoms with Crippen LogP contribution in [0.3, 0.4) is 0 Å². The molecule has 1 aromatic rings. The van der Waals surface area contributed by atoms with Crippen molar-refractivity contribution in [1.29, 1.82) is 0 Å². The van der Waals surface area contributed by atoms with Crippen molar-refractivity contribution in [3.05, 3.63) is 35.9 Å². The smallest absolute Gasteiger partial charge is 0.230 e. The zero-order valence-electron chi connectivity index (χ0n) is 13.9. The minimum atomic E-state index is 0.0403. The lowest BCUT2D eigenvalue weighted by molar-refractivity contribution is -0.137. The Morgan fingerprint density at radius 1 is 1.00 bits per heavy atom. The van der Waals surface area contributed by atoms with Crippen molar-refractivity contribution < 1.29 is 4.79 Å². The normalized spacial score (nSPS) is 17.4. The van der Waals surface area contributed by atoms with E-state index in [4.69, 9.17) is 0 Å². The molecule has 0 heterocycles. The first-order chi connectivity index (χ1) is 10.0. The van der Waals surface area contributed by atoms with E-state index in [1.165, 1.54) is 31.2 Å². The third kappa shape index (κ3) is 3.66. The zero-order valence-corrected chi connectivity index (χ0v) is 13.9. The molecule has 1 atom stereocenters. The molecule has 0 spiro atoms. The first-order valence-electron chi connectivity index (χ1n) is 8.39. The van der Waals surface area contributed by atoms with Gasteiger partial charge in [-0.3, -0.25) is 4.79 Å². The molecular formula is C19H29NO. The largest absolute Gasteiger partial charge is 0.337 e. The number of nitrogens with zero attached hydrogens (tertiary/aromatic N) is 1. The Balaban J connectivity index is 2.32. The van der Waals surface area contributed by atoms with Crippen LogP contribution in [0.4, 0.5) is 0 Å². The average molecular weight is 287 g/mol. The summed E-state index contributed by atoms with van der Waals surface area (Å²) in [5, 5.41) is 0. The molecular weight excluding hydrogens is 258 g/mol. The van der Waals surface area contributed by atoms with E-state index in [0.717, 1.165) is 0 Å². The molecule has 1 fully saturated rings. The van der Waals surface area contributed by atoms with Gasteiger partial charge < -0.3 is 4.90 Å². The minimum absolute atomic E-state index is 0.0403. The van der Waals surface area contributed by atoms with Crippen LogP contribution in [0.1, 0.15) is 64.9 Å². The lowest BCUT2D eigenvalue weighted by atomic mass is 9.83. The van der Waals surface area contributed by atoms with Crippen LogP contribution in [0.25, 0.3) is 0 Å². The standard InChI is InChI=1S/C19H29NO/c1-14(2)20(15(3)4)19(21)18(17-12-8-9-13-17)16-10-6-5-7-11-16/h5-7,10-11,14-15,17-18H,8-9,12-13H2,1-4H3/t18-/m1/s1. The highest BCUT2D eigenvalue weighted by Gasteiger charge is 2.36. The number of carbonyl (C=O) groups excluding carboxylic acids is 1. The molecule has 0 radical (unpaired) electrons. The molecule has 1 aliphatic carbocycles. The molecule has 116 valence electrons. The van der Waals surface area contributed by atoms with Crippen molar-refractivity contribution in [2.45, 2.75) is 71.4 Å². The Labute approximate surface area is 129 Å². The summed E-state index contributed by atoms with van der Waals surface area (Å²) in [6.45, 7) is 8.48. The summed E-state index contributed by atoms with van der Waals surface area (Å²) in [5.41, 5.74) is 1.20. The number of hydrogen-bond donors (Lipinski definition) is 0. The van der Waals surface area contributed by atoms with Crippen molar-refractivity contribution in [3.63, 3.8) is 0 Å². The van der Waals surface area contributed by atoms with Gasteiger partial charge in [-0.25, -0.2) is 0 Å². The summed E-state index contributed by atoms with van der Waals surface area (Å²) in [5.74, 6) is 0.872. The van der Waals surface area contributed by atoms with Gasteiger partial charge in [0.25, 0.3) is 0 Å². The van der Waals surface area contributed by atoms with Crippen molar-refractivity contribution >= 4 is 5.91 Å². The third-order valence-electron chi connectivity index (χ3n) is 4.66. The quantitative estimate of drug-likeness (QED) is 0.774. The van der Waals surface area contributed by atoms with Gasteiger partial charge >= 0.3 is 0 Å². The van der Waals surface area contributed by atoms with Gasteiger partial charge in [-0.1, -0.05) is 43.2 Å². The van der Waals surface area contributed by atoms with Gasteiger partial charge in [-0.15, -0.1) is 0 Å². The summed E-state index contributed by atoms with van der Waals surface area (Å²) in [6.07, 6.45) is 4.92. The molecule has 0 aliphatic heterocycles. The summed E-state index contributed by atoms with van der Waals surface area (Å²) in [6, 6.07) is 10.9. The van der Waals surface area contributed by atoms with E-state index >= 15 is 0 Å². The Kier molecular flexibility index (Phi) is 5.44. The van der Waals surface area contributed by atoms with Crippen LogP contribution in [0.5, 0.6) is 0 Å². The number of carbonyl (C=O) groups is 1. The molecule has 2 rings (SSSR count). The van der Waals surface area contributed by atoms with Gasteiger partial charge in [0.15, 0.2) is 0 Å². The molecule has 1 aliphatic rings. The summed E-state index contributed by atoms with van der Waals surface area (Å²) >= 11 is 0. The monoisotopic (exact) mass is 287 g/mol. The Hall–Kier alpha value is -1.31. The van der Waals surface area contributed by atoms with Gasteiger partial charge in [0.2, 0.25) is 5.91 Å². The number of hydrogen-bond acceptors (Lipinski definition) is 1. The van der Waals surface area contributed by atoms with Crippen LogP contribution in [0, 0.1) is 5.92 Å². The van der Waals surface area contributed by atoms with Crippen LogP contribution in [0.2, 0.25) is 0 Å². The molecule has 0 N–H and O–H groups in total. The third-order valence-corrected chi connectivity index (χ3v) is 4.66. The van der Waals surface area contributed by atoms with E-state index in [2.05, 4.69) is 56.9 Å². The topological polar surface area (TPSA) is 20.3 Å². The van der Waals surface area contributed by atoms with Gasteiger partial charge in [-0.05, 0) is 52.0 Å². The van der Waals surface area contributed by atoms with Crippen molar-refractivity contribution in [2.75, 3.05) is 0 Å². The van der Waals surface area contributed by atoms with Gasteiger partial charge in [0.05, 0.1) is 5.92 Å². The summed E-state index contributed by atoms with van der Waals surface area (Å²) in [7, 11) is 0. The van der Waals surface area contributed by atoms with Crippen LogP contribution in [0.15, 0.2) is 30.3 Å². The Bertz CT molecular complexity index is 438. The first-order valence-corrected chi connectivity index (χ1v) is 8.39. The maximum atomic E-state index is 13.2. The lowest BCUT2D eigenvalue weighted by Crippen LogP contribution is -2.45. The highest BCUT2D eigenvalue weighted by atomic mass is 16.2. The molecule has 1 saturated carbocycles. The van der Waals surface area contributed by atoms with E-state index in [9.17, 15) is 4.79 Å². The number of rotatable bonds is 5. The molecule has 21 heavy (non-hydrogen) atoms. The fraction of sp³-hybridized carbons (Fsp3) is 0.632. The molecule has 0 bridgehead atoms. The van der Waals surface area contributed by atoms with Crippen LogP contribution >= 0.6 is 0 Å². The number of benzene rings is 1. The van der Waals surface area contributed by atoms with Crippen LogP contribution in [-0.4, -0.2) is 22.9 Å². The predicted molar refractivity (Wildman–Crippen MR) is 88.3 cm³/mol. The van der Waals surface area contributed by atoms with Crippen molar-refractivity contribution in [1.82, 2.24) is 4.90 Å². The van der Waals surface area contributed by atoms with Gasteiger partial charge in [-0.2, -0.15) is 0 Å². The fourth-order valence-electron chi connectivity index (χ4n) is 3.83. The second-order valence-electron chi connectivity index (χ2n) is 6.87. The average Bonchev–Trinajstić information content (AvgIpc) is 2.93. The van der Waals surface area contributed by atoms with Gasteiger partial charge in [0, 0.05) is 12.1 Å². The molecule has 0 aromatic heterocycles. The highest BCUT2D eigenvalue weighted by molar-refractivity contribution is 5.84. The van der Waals surface area contributed by atoms with E-state index in [1.807, 2.05) is 6.07 Å². The molecule has 0 unspecified atom stereocenters. The lowest BCUT2D eigenvalue weighted by Gasteiger charge is -2.36. The minimum Gasteiger partial charge on any atom is -0.337 e. The molecule has 2 nitrogen and oxygen atoms in total. The van der Waals surface area contributed by atoms with E-state index < -0.39 is 0 Å². The first kappa shape index (κ1) is 16.1. The maximum absolute atomic E-state index is 13.2. The molecule has 1 amide bonds. The highest BCUT2D eigenvalue weighted by Crippen LogP contribution is 2.39. The maximum Gasteiger partial charge on any atom is 0.230 e. The molecule has 0 saturated heterocycles. The molecule has 1 aromatic carbocycles. The second-order valence-corrected chi connectivity index (χ2v) is 6.87. The van der Waals surface area contributed by atoms with Crippen LogP contribution in [-0.2, 0) is 4.79 Å². The summed E-state index contributed by atoms with van der Waals surface area (Å²) in [4.78, 5) is 15.3. The van der Waals surface area contributed by atoms with E-state index in [-0.39, 0.29) is 18.0 Å². The number of amides is 1. The van der Waals surface area contributed by atoms with E-state index in [1.54, 1.807) is 0 Å². The Morgan fingerprint density at radius 3 is 2.00 bits per heavy atom. The fourth-order valence-corrected chi connectivity index (χ4v) is 3.83.